The molecule has 34 heavy (non-hydrogen) atoms. The number of ether oxygens (including phenoxy) is 3. The molecule has 0 saturated carbocycles. The van der Waals surface area contributed by atoms with Crippen molar-refractivity contribution in [2.75, 3.05) is 36.7 Å². The van der Waals surface area contributed by atoms with Crippen molar-refractivity contribution < 1.29 is 31.8 Å². The van der Waals surface area contributed by atoms with Gasteiger partial charge in [-0.2, -0.15) is 0 Å². The molecule has 3 rings (SSSR count). The van der Waals surface area contributed by atoms with Crippen LogP contribution in [0, 0.1) is 5.82 Å². The van der Waals surface area contributed by atoms with Gasteiger partial charge in [0.1, 0.15) is 11.6 Å². The zero-order valence-electron chi connectivity index (χ0n) is 18.9. The number of carbonyl (C=O) groups excluding carboxylic acids is 1. The van der Waals surface area contributed by atoms with E-state index in [1.165, 1.54) is 42.8 Å². The summed E-state index contributed by atoms with van der Waals surface area (Å²) >= 11 is 0. The molecule has 0 heterocycles. The lowest BCUT2D eigenvalue weighted by Crippen LogP contribution is -2.29. The third-order valence-corrected chi connectivity index (χ3v) is 5.94. The van der Waals surface area contributed by atoms with E-state index < -0.39 is 15.8 Å². The molecule has 3 aromatic carbocycles. The van der Waals surface area contributed by atoms with Crippen LogP contribution in [0.3, 0.4) is 0 Å². The molecular formula is C24H25FN2O6S. The van der Waals surface area contributed by atoms with E-state index in [2.05, 4.69) is 5.32 Å². The van der Waals surface area contributed by atoms with Gasteiger partial charge >= 0.3 is 0 Å². The number of nitrogens with zero attached hydrogens (tertiary/aromatic N) is 1. The summed E-state index contributed by atoms with van der Waals surface area (Å²) in [4.78, 5) is 12.3. The highest BCUT2D eigenvalue weighted by atomic mass is 32.2. The maximum absolute atomic E-state index is 13.2. The van der Waals surface area contributed by atoms with Crippen molar-refractivity contribution in [3.8, 4) is 17.2 Å². The van der Waals surface area contributed by atoms with Gasteiger partial charge in [-0.3, -0.25) is 9.10 Å². The smallest absolute Gasteiger partial charge is 0.262 e. The van der Waals surface area contributed by atoms with Crippen molar-refractivity contribution in [3.63, 3.8) is 0 Å². The molecule has 180 valence electrons. The average Bonchev–Trinajstić information content (AvgIpc) is 2.82. The Morgan fingerprint density at radius 1 is 0.941 bits per heavy atom. The minimum Gasteiger partial charge on any atom is -0.493 e. The number of nitrogens with one attached hydrogen (secondary N) is 1. The van der Waals surface area contributed by atoms with E-state index in [-0.39, 0.29) is 19.1 Å². The fourth-order valence-electron chi connectivity index (χ4n) is 3.12. The molecule has 0 saturated heterocycles. The van der Waals surface area contributed by atoms with Crippen LogP contribution in [0.25, 0.3) is 0 Å². The van der Waals surface area contributed by atoms with Crippen LogP contribution in [0.15, 0.2) is 66.7 Å². The molecule has 1 amide bonds. The van der Waals surface area contributed by atoms with Gasteiger partial charge < -0.3 is 19.5 Å². The van der Waals surface area contributed by atoms with Gasteiger partial charge in [-0.1, -0.05) is 12.1 Å². The van der Waals surface area contributed by atoms with Gasteiger partial charge in [-0.25, -0.2) is 12.8 Å². The number of sulfonamides is 1. The van der Waals surface area contributed by atoms with Crippen LogP contribution in [0.2, 0.25) is 0 Å². The first-order chi connectivity index (χ1) is 16.2. The molecule has 0 spiro atoms. The lowest BCUT2D eigenvalue weighted by atomic mass is 10.2. The third kappa shape index (κ3) is 6.61. The Kier molecular flexibility index (Phi) is 7.95. The Bertz CT molecular complexity index is 1230. The zero-order valence-corrected chi connectivity index (χ0v) is 19.8. The number of hydrogen-bond acceptors (Lipinski definition) is 6. The van der Waals surface area contributed by atoms with Gasteiger partial charge in [0.15, 0.2) is 18.1 Å². The van der Waals surface area contributed by atoms with Gasteiger partial charge in [-0.05, 0) is 54.1 Å². The maximum atomic E-state index is 13.2. The third-order valence-electron chi connectivity index (χ3n) is 4.80. The molecule has 0 aliphatic carbocycles. The number of amides is 1. The van der Waals surface area contributed by atoms with Crippen molar-refractivity contribution in [1.29, 1.82) is 0 Å². The summed E-state index contributed by atoms with van der Waals surface area (Å²) in [5, 5.41) is 2.71. The maximum Gasteiger partial charge on any atom is 0.262 e. The van der Waals surface area contributed by atoms with E-state index in [1.54, 1.807) is 42.5 Å². The minimum absolute atomic E-state index is 0.0487. The SMILES string of the molecule is COc1ccc(NC(=O)COc2ccc(N(Cc3ccc(F)cc3)S(C)(=O)=O)cc2)cc1OC. The Balaban J connectivity index is 1.63. The number of rotatable bonds is 10. The van der Waals surface area contributed by atoms with Crippen molar-refractivity contribution in [2.45, 2.75) is 6.54 Å². The molecule has 10 heteroatoms. The predicted octanol–water partition coefficient (Wildman–Crippen LogP) is 3.83. The summed E-state index contributed by atoms with van der Waals surface area (Å²) in [6.07, 6.45) is 1.10. The number of carbonyl (C=O) groups is 1. The van der Waals surface area contributed by atoms with Gasteiger partial charge in [-0.15, -0.1) is 0 Å². The predicted molar refractivity (Wildman–Crippen MR) is 128 cm³/mol. The van der Waals surface area contributed by atoms with Crippen molar-refractivity contribution >= 4 is 27.3 Å². The van der Waals surface area contributed by atoms with Gasteiger partial charge in [0, 0.05) is 11.8 Å². The quantitative estimate of drug-likeness (QED) is 0.466. The Morgan fingerprint density at radius 2 is 1.59 bits per heavy atom. The molecule has 0 aromatic heterocycles. The van der Waals surface area contributed by atoms with E-state index in [9.17, 15) is 17.6 Å². The van der Waals surface area contributed by atoms with E-state index in [0.29, 0.717) is 34.2 Å². The normalized spacial score (nSPS) is 10.9. The van der Waals surface area contributed by atoms with Crippen molar-refractivity contribution in [2.24, 2.45) is 0 Å². The zero-order chi connectivity index (χ0) is 24.7. The Hall–Kier alpha value is -3.79. The molecule has 0 radical (unpaired) electrons. The fourth-order valence-corrected chi connectivity index (χ4v) is 4.01. The molecule has 0 atom stereocenters. The second-order valence-corrected chi connectivity index (χ2v) is 9.20. The van der Waals surface area contributed by atoms with Crippen LogP contribution < -0.4 is 23.8 Å². The summed E-state index contributed by atoms with van der Waals surface area (Å²) in [5.74, 6) is 0.630. The second kappa shape index (κ2) is 10.9. The average molecular weight is 489 g/mol. The van der Waals surface area contributed by atoms with Crippen LogP contribution in [0.5, 0.6) is 17.2 Å². The van der Waals surface area contributed by atoms with Crippen molar-refractivity contribution in [3.05, 3.63) is 78.1 Å². The van der Waals surface area contributed by atoms with E-state index in [4.69, 9.17) is 14.2 Å². The van der Waals surface area contributed by atoms with Gasteiger partial charge in [0.05, 0.1) is 32.7 Å². The van der Waals surface area contributed by atoms with E-state index in [1.807, 2.05) is 0 Å². The molecule has 3 aromatic rings. The van der Waals surface area contributed by atoms with E-state index in [0.717, 1.165) is 6.26 Å². The minimum atomic E-state index is -3.59. The summed E-state index contributed by atoms with van der Waals surface area (Å²) in [6.45, 7) is -0.202. The Morgan fingerprint density at radius 3 is 2.18 bits per heavy atom. The largest absolute Gasteiger partial charge is 0.493 e. The van der Waals surface area contributed by atoms with Gasteiger partial charge in [0.25, 0.3) is 5.91 Å². The lowest BCUT2D eigenvalue weighted by molar-refractivity contribution is -0.118. The summed E-state index contributed by atoms with van der Waals surface area (Å²) < 4.78 is 54.9. The van der Waals surface area contributed by atoms with Crippen LogP contribution in [-0.2, 0) is 21.4 Å². The van der Waals surface area contributed by atoms with Gasteiger partial charge in [0.2, 0.25) is 10.0 Å². The molecule has 1 N–H and O–H groups in total. The molecule has 0 unspecified atom stereocenters. The first-order valence-corrected chi connectivity index (χ1v) is 12.0. The monoisotopic (exact) mass is 488 g/mol. The second-order valence-electron chi connectivity index (χ2n) is 7.30. The molecule has 8 nitrogen and oxygen atoms in total. The summed E-state index contributed by atoms with van der Waals surface area (Å²) in [5.41, 5.74) is 1.57. The number of benzene rings is 3. The standard InChI is InChI=1S/C24H25FN2O6S/c1-31-22-13-8-19(14-23(22)32-2)26-24(28)16-33-21-11-9-20(10-12-21)27(34(3,29)30)15-17-4-6-18(25)7-5-17/h4-14H,15-16H2,1-3H3,(H,26,28). The number of anilines is 2. The highest BCUT2D eigenvalue weighted by Gasteiger charge is 2.18. The molecule has 0 aliphatic rings. The Labute approximate surface area is 197 Å². The highest BCUT2D eigenvalue weighted by molar-refractivity contribution is 7.92. The van der Waals surface area contributed by atoms with Crippen LogP contribution >= 0.6 is 0 Å². The molecule has 0 fully saturated rings. The number of methoxy groups -OCH3 is 2. The van der Waals surface area contributed by atoms with Crippen LogP contribution in [-0.4, -0.2) is 41.4 Å². The molecular weight excluding hydrogens is 463 g/mol. The number of hydrogen-bond donors (Lipinski definition) is 1. The first-order valence-electron chi connectivity index (χ1n) is 10.2. The summed E-state index contributed by atoms with van der Waals surface area (Å²) in [7, 11) is -0.573. The fraction of sp³-hybridized carbons (Fsp3) is 0.208. The van der Waals surface area contributed by atoms with E-state index >= 15 is 0 Å². The summed E-state index contributed by atoms with van der Waals surface area (Å²) in [6, 6.07) is 16.9. The molecule has 0 aliphatic heterocycles. The topological polar surface area (TPSA) is 94.2 Å². The number of halogens is 1. The van der Waals surface area contributed by atoms with Crippen LogP contribution in [0.1, 0.15) is 5.56 Å². The highest BCUT2D eigenvalue weighted by Crippen LogP contribution is 2.29. The molecule has 0 bridgehead atoms. The first kappa shape index (κ1) is 24.8. The van der Waals surface area contributed by atoms with Crippen LogP contribution in [0.4, 0.5) is 15.8 Å². The van der Waals surface area contributed by atoms with Crippen molar-refractivity contribution in [1.82, 2.24) is 0 Å². The lowest BCUT2D eigenvalue weighted by Gasteiger charge is -2.22.